The van der Waals surface area contributed by atoms with E-state index in [1.165, 1.54) is 0 Å². The van der Waals surface area contributed by atoms with E-state index in [9.17, 15) is 9.90 Å². The third kappa shape index (κ3) is 2.80. The summed E-state index contributed by atoms with van der Waals surface area (Å²) in [5.74, 6) is 0.401. The van der Waals surface area contributed by atoms with Crippen molar-refractivity contribution in [3.8, 4) is 5.75 Å². The second kappa shape index (κ2) is 6.83. The Hall–Kier alpha value is -1.63. The molecular weight excluding hydrogens is 334 g/mol. The van der Waals surface area contributed by atoms with E-state index in [1.54, 1.807) is 7.11 Å². The van der Waals surface area contributed by atoms with Crippen LogP contribution < -0.4 is 4.74 Å². The summed E-state index contributed by atoms with van der Waals surface area (Å²) >= 11 is 0. The van der Waals surface area contributed by atoms with Crippen LogP contribution in [0.25, 0.3) is 0 Å². The van der Waals surface area contributed by atoms with E-state index in [0.717, 1.165) is 12.0 Å². The molecule has 3 saturated heterocycles. The van der Waals surface area contributed by atoms with Gasteiger partial charge in [-0.15, -0.1) is 0 Å². The molecule has 0 aliphatic carbocycles. The molecule has 0 unspecified atom stereocenters. The molecule has 0 spiro atoms. The highest BCUT2D eigenvalue weighted by Crippen LogP contribution is 2.45. The van der Waals surface area contributed by atoms with Crippen molar-refractivity contribution in [1.82, 2.24) is 4.90 Å². The van der Waals surface area contributed by atoms with Crippen LogP contribution in [0.4, 0.5) is 0 Å². The normalized spacial score (nSPS) is 34.0. The minimum Gasteiger partial charge on any atom is -0.496 e. The Kier molecular flexibility index (Phi) is 4.67. The van der Waals surface area contributed by atoms with E-state index in [0.29, 0.717) is 50.7 Å². The zero-order valence-corrected chi connectivity index (χ0v) is 15.4. The molecule has 142 valence electrons. The Morgan fingerprint density at radius 1 is 1.31 bits per heavy atom. The predicted molar refractivity (Wildman–Crippen MR) is 95.4 cm³/mol. The second-order valence-corrected chi connectivity index (χ2v) is 7.71. The summed E-state index contributed by atoms with van der Waals surface area (Å²) in [6.07, 6.45) is 1.36. The van der Waals surface area contributed by atoms with Crippen LogP contribution in [0.15, 0.2) is 18.2 Å². The van der Waals surface area contributed by atoms with Crippen LogP contribution in [0.2, 0.25) is 0 Å². The summed E-state index contributed by atoms with van der Waals surface area (Å²) in [5, 5.41) is 11.4. The first-order valence-corrected chi connectivity index (χ1v) is 9.38. The van der Waals surface area contributed by atoms with Gasteiger partial charge in [-0.1, -0.05) is 11.6 Å². The summed E-state index contributed by atoms with van der Waals surface area (Å²) in [7, 11) is 1.59. The number of methoxy groups -OCH3 is 1. The fraction of sp³-hybridized carbons (Fsp3) is 0.650. The van der Waals surface area contributed by atoms with Gasteiger partial charge >= 0.3 is 0 Å². The fourth-order valence-electron chi connectivity index (χ4n) is 4.84. The lowest BCUT2D eigenvalue weighted by atomic mass is 9.66. The molecule has 3 aliphatic rings. The number of carbonyl (C=O) groups excluding carboxylic acids is 1. The van der Waals surface area contributed by atoms with Gasteiger partial charge in [-0.2, -0.15) is 0 Å². The van der Waals surface area contributed by atoms with E-state index in [2.05, 4.69) is 0 Å². The molecule has 1 amide bonds. The van der Waals surface area contributed by atoms with Crippen molar-refractivity contribution in [2.45, 2.75) is 31.4 Å². The molecule has 0 aromatic heterocycles. The fourth-order valence-corrected chi connectivity index (χ4v) is 4.84. The average molecular weight is 361 g/mol. The molecule has 6 heteroatoms. The van der Waals surface area contributed by atoms with Crippen LogP contribution in [0, 0.1) is 18.8 Å². The third-order valence-corrected chi connectivity index (χ3v) is 6.30. The van der Waals surface area contributed by atoms with Gasteiger partial charge in [0.1, 0.15) is 5.75 Å². The Labute approximate surface area is 154 Å². The molecular formula is C20H27NO5. The Morgan fingerprint density at radius 2 is 2.12 bits per heavy atom. The Balaban J connectivity index is 1.69. The van der Waals surface area contributed by atoms with Gasteiger partial charge in [0.25, 0.3) is 5.91 Å². The van der Waals surface area contributed by atoms with Crippen LogP contribution in [0.5, 0.6) is 5.75 Å². The molecule has 26 heavy (non-hydrogen) atoms. The van der Waals surface area contributed by atoms with Gasteiger partial charge in [0, 0.05) is 44.1 Å². The maximum Gasteiger partial charge on any atom is 0.257 e. The first kappa shape index (κ1) is 17.8. The summed E-state index contributed by atoms with van der Waals surface area (Å²) in [5.41, 5.74) is 0.795. The molecule has 0 bridgehead atoms. The van der Waals surface area contributed by atoms with E-state index in [-0.39, 0.29) is 23.8 Å². The highest BCUT2D eigenvalue weighted by atomic mass is 16.5. The first-order chi connectivity index (χ1) is 12.5. The van der Waals surface area contributed by atoms with Crippen LogP contribution >= 0.6 is 0 Å². The Bertz CT molecular complexity index is 693. The standard InChI is InChI=1S/C20H27NO5/c1-13-3-4-18(24-2)15(9-13)19(22)21-10-14-11-26-8-6-20(14,23)16-12-25-7-5-17(16)21/h3-4,9,14,16-17,23H,5-8,10-12H2,1-2H3/t14-,16+,17-,20-/m0/s1. The minimum absolute atomic E-state index is 0.0131. The van der Waals surface area contributed by atoms with Crippen molar-refractivity contribution in [1.29, 1.82) is 0 Å². The van der Waals surface area contributed by atoms with Gasteiger partial charge in [0.15, 0.2) is 0 Å². The van der Waals surface area contributed by atoms with Gasteiger partial charge in [0.2, 0.25) is 0 Å². The van der Waals surface area contributed by atoms with Crippen molar-refractivity contribution >= 4 is 5.91 Å². The second-order valence-electron chi connectivity index (χ2n) is 7.71. The van der Waals surface area contributed by atoms with E-state index >= 15 is 0 Å². The quantitative estimate of drug-likeness (QED) is 0.867. The van der Waals surface area contributed by atoms with Crippen molar-refractivity contribution in [3.05, 3.63) is 29.3 Å². The molecule has 4 atom stereocenters. The highest BCUT2D eigenvalue weighted by molar-refractivity contribution is 5.97. The highest BCUT2D eigenvalue weighted by Gasteiger charge is 2.56. The van der Waals surface area contributed by atoms with Gasteiger partial charge < -0.3 is 24.2 Å². The maximum atomic E-state index is 13.4. The smallest absolute Gasteiger partial charge is 0.257 e. The number of rotatable bonds is 2. The van der Waals surface area contributed by atoms with Crippen molar-refractivity contribution in [2.24, 2.45) is 11.8 Å². The topological polar surface area (TPSA) is 68.2 Å². The van der Waals surface area contributed by atoms with Crippen molar-refractivity contribution in [2.75, 3.05) is 40.1 Å². The molecule has 3 aliphatic heterocycles. The lowest BCUT2D eigenvalue weighted by Gasteiger charge is -2.57. The number of hydrogen-bond donors (Lipinski definition) is 1. The molecule has 1 aromatic carbocycles. The summed E-state index contributed by atoms with van der Waals surface area (Å²) in [6, 6.07) is 5.65. The molecule has 3 fully saturated rings. The van der Waals surface area contributed by atoms with Crippen LogP contribution in [-0.2, 0) is 9.47 Å². The number of nitrogens with zero attached hydrogens (tertiary/aromatic N) is 1. The number of ether oxygens (including phenoxy) is 3. The number of amides is 1. The zero-order valence-electron chi connectivity index (χ0n) is 15.4. The molecule has 0 saturated carbocycles. The number of carbonyl (C=O) groups is 1. The molecule has 6 nitrogen and oxygen atoms in total. The predicted octanol–water partition coefficient (Wildman–Crippen LogP) is 1.63. The molecule has 0 radical (unpaired) electrons. The maximum absolute atomic E-state index is 13.4. The minimum atomic E-state index is -0.809. The molecule has 1 aromatic rings. The number of aryl methyl sites for hydroxylation is 1. The number of hydrogen-bond acceptors (Lipinski definition) is 5. The van der Waals surface area contributed by atoms with E-state index in [4.69, 9.17) is 14.2 Å². The lowest BCUT2D eigenvalue weighted by Crippen LogP contribution is -2.68. The number of aliphatic hydroxyl groups is 1. The first-order valence-electron chi connectivity index (χ1n) is 9.38. The zero-order chi connectivity index (χ0) is 18.3. The SMILES string of the molecule is COc1ccc(C)cc1C(=O)N1C[C@H]2COCC[C@@]2(O)[C@@H]2COCC[C@@H]21. The third-order valence-electron chi connectivity index (χ3n) is 6.30. The number of fused-ring (bicyclic) bond motifs is 3. The van der Waals surface area contributed by atoms with Gasteiger partial charge in [-0.25, -0.2) is 0 Å². The number of piperidine rings is 1. The molecule has 4 rings (SSSR count). The number of benzene rings is 1. The average Bonchev–Trinajstić information content (AvgIpc) is 2.67. The van der Waals surface area contributed by atoms with Crippen molar-refractivity contribution < 1.29 is 24.1 Å². The van der Waals surface area contributed by atoms with Gasteiger partial charge in [-0.05, 0) is 25.5 Å². The monoisotopic (exact) mass is 361 g/mol. The summed E-state index contributed by atoms with van der Waals surface area (Å²) < 4.78 is 16.7. The lowest BCUT2D eigenvalue weighted by molar-refractivity contribution is -0.212. The van der Waals surface area contributed by atoms with Gasteiger partial charge in [-0.3, -0.25) is 4.79 Å². The molecule has 3 heterocycles. The van der Waals surface area contributed by atoms with E-state index in [1.807, 2.05) is 30.0 Å². The van der Waals surface area contributed by atoms with Crippen LogP contribution in [0.3, 0.4) is 0 Å². The largest absolute Gasteiger partial charge is 0.496 e. The van der Waals surface area contributed by atoms with Crippen LogP contribution in [0.1, 0.15) is 28.8 Å². The van der Waals surface area contributed by atoms with Crippen LogP contribution in [-0.4, -0.2) is 67.6 Å². The Morgan fingerprint density at radius 3 is 2.92 bits per heavy atom. The summed E-state index contributed by atoms with van der Waals surface area (Å²) in [6.45, 7) is 4.63. The summed E-state index contributed by atoms with van der Waals surface area (Å²) in [4.78, 5) is 15.4. The van der Waals surface area contributed by atoms with E-state index < -0.39 is 5.60 Å². The van der Waals surface area contributed by atoms with Gasteiger partial charge in [0.05, 0.1) is 31.5 Å². The molecule has 1 N–H and O–H groups in total. The number of likely N-dealkylation sites (tertiary alicyclic amines) is 1. The van der Waals surface area contributed by atoms with Crippen molar-refractivity contribution in [3.63, 3.8) is 0 Å².